The van der Waals surface area contributed by atoms with E-state index in [9.17, 15) is 4.79 Å². The molecule has 0 aliphatic heterocycles. The standard InChI is InChI=1S/C11H16N2O2/c1-5-6-9(14)11-10(15-4)7-12-13(11)8(2)3/h5-8H,1-4H3/b6-5+. The van der Waals surface area contributed by atoms with Gasteiger partial charge in [0.05, 0.1) is 13.3 Å². The van der Waals surface area contributed by atoms with Crippen LogP contribution in [-0.4, -0.2) is 22.7 Å². The van der Waals surface area contributed by atoms with E-state index in [4.69, 9.17) is 4.74 Å². The van der Waals surface area contributed by atoms with Crippen LogP contribution < -0.4 is 4.74 Å². The molecule has 1 rings (SSSR count). The van der Waals surface area contributed by atoms with Gasteiger partial charge in [-0.25, -0.2) is 0 Å². The maximum atomic E-state index is 11.8. The van der Waals surface area contributed by atoms with Crippen LogP contribution in [0.4, 0.5) is 0 Å². The number of rotatable bonds is 4. The van der Waals surface area contributed by atoms with Crippen LogP contribution in [0.15, 0.2) is 18.3 Å². The molecule has 0 bridgehead atoms. The zero-order valence-corrected chi connectivity index (χ0v) is 9.52. The maximum absolute atomic E-state index is 11.8. The van der Waals surface area contributed by atoms with E-state index < -0.39 is 0 Å². The molecule has 0 saturated heterocycles. The molecule has 0 aromatic carbocycles. The Bertz CT molecular complexity index is 378. The third-order valence-corrected chi connectivity index (χ3v) is 2.02. The summed E-state index contributed by atoms with van der Waals surface area (Å²) in [6, 6.07) is 0.137. The average molecular weight is 208 g/mol. The first kappa shape index (κ1) is 11.5. The smallest absolute Gasteiger partial charge is 0.207 e. The van der Waals surface area contributed by atoms with Gasteiger partial charge >= 0.3 is 0 Å². The summed E-state index contributed by atoms with van der Waals surface area (Å²) in [4.78, 5) is 11.8. The predicted molar refractivity (Wildman–Crippen MR) is 58.3 cm³/mol. The van der Waals surface area contributed by atoms with E-state index in [1.165, 1.54) is 13.2 Å². The molecule has 82 valence electrons. The number of carbonyl (C=O) groups is 1. The quantitative estimate of drug-likeness (QED) is 0.563. The summed E-state index contributed by atoms with van der Waals surface area (Å²) in [6.45, 7) is 5.75. The summed E-state index contributed by atoms with van der Waals surface area (Å²) in [6.07, 6.45) is 4.79. The highest BCUT2D eigenvalue weighted by molar-refractivity contribution is 6.05. The van der Waals surface area contributed by atoms with Gasteiger partial charge in [-0.1, -0.05) is 6.08 Å². The maximum Gasteiger partial charge on any atom is 0.207 e. The molecule has 0 aliphatic rings. The van der Waals surface area contributed by atoms with Crippen LogP contribution in [0.5, 0.6) is 5.75 Å². The van der Waals surface area contributed by atoms with Crippen LogP contribution in [0.2, 0.25) is 0 Å². The average Bonchev–Trinajstić information content (AvgIpc) is 2.61. The lowest BCUT2D eigenvalue weighted by atomic mass is 10.2. The molecule has 4 heteroatoms. The Balaban J connectivity index is 3.21. The minimum atomic E-state index is -0.0828. The van der Waals surface area contributed by atoms with Crippen molar-refractivity contribution in [3.63, 3.8) is 0 Å². The summed E-state index contributed by atoms with van der Waals surface area (Å²) in [5.41, 5.74) is 0.505. The van der Waals surface area contributed by atoms with Gasteiger partial charge in [0.25, 0.3) is 0 Å². The molecule has 15 heavy (non-hydrogen) atoms. The Kier molecular flexibility index (Phi) is 3.66. The third kappa shape index (κ3) is 2.26. The van der Waals surface area contributed by atoms with E-state index in [1.807, 2.05) is 13.8 Å². The number of methoxy groups -OCH3 is 1. The number of ketones is 1. The molecule has 0 saturated carbocycles. The lowest BCUT2D eigenvalue weighted by Gasteiger charge is -2.09. The molecule has 0 N–H and O–H groups in total. The topological polar surface area (TPSA) is 44.1 Å². The van der Waals surface area contributed by atoms with E-state index in [1.54, 1.807) is 23.9 Å². The van der Waals surface area contributed by atoms with Crippen LogP contribution >= 0.6 is 0 Å². The molecular formula is C11H16N2O2. The Hall–Kier alpha value is -1.58. The molecule has 1 aromatic heterocycles. The Labute approximate surface area is 89.5 Å². The van der Waals surface area contributed by atoms with Gasteiger partial charge in [-0.15, -0.1) is 0 Å². The molecule has 0 spiro atoms. The van der Waals surface area contributed by atoms with Crippen LogP contribution in [0, 0.1) is 0 Å². The Morgan fingerprint density at radius 1 is 1.60 bits per heavy atom. The van der Waals surface area contributed by atoms with Gasteiger partial charge in [0, 0.05) is 6.04 Å². The first-order valence-electron chi connectivity index (χ1n) is 4.90. The molecule has 0 aliphatic carbocycles. The normalized spacial score (nSPS) is 11.3. The minimum absolute atomic E-state index is 0.0828. The van der Waals surface area contributed by atoms with Crippen molar-refractivity contribution in [1.29, 1.82) is 0 Å². The van der Waals surface area contributed by atoms with E-state index in [0.29, 0.717) is 11.4 Å². The van der Waals surface area contributed by atoms with E-state index in [2.05, 4.69) is 5.10 Å². The number of hydrogen-bond acceptors (Lipinski definition) is 3. The Morgan fingerprint density at radius 2 is 2.27 bits per heavy atom. The second kappa shape index (κ2) is 4.77. The fourth-order valence-corrected chi connectivity index (χ4v) is 1.35. The first-order chi connectivity index (χ1) is 7.11. The van der Waals surface area contributed by atoms with Crippen molar-refractivity contribution in [3.8, 4) is 5.75 Å². The molecular weight excluding hydrogens is 192 g/mol. The Morgan fingerprint density at radius 3 is 2.73 bits per heavy atom. The minimum Gasteiger partial charge on any atom is -0.493 e. The van der Waals surface area contributed by atoms with Crippen LogP contribution in [0.1, 0.15) is 37.3 Å². The van der Waals surface area contributed by atoms with Gasteiger partial charge in [-0.2, -0.15) is 5.10 Å². The van der Waals surface area contributed by atoms with Crippen molar-refractivity contribution in [2.75, 3.05) is 7.11 Å². The monoisotopic (exact) mass is 208 g/mol. The molecule has 0 amide bonds. The number of aromatic nitrogens is 2. The van der Waals surface area contributed by atoms with Gasteiger partial charge < -0.3 is 4.74 Å². The highest BCUT2D eigenvalue weighted by Gasteiger charge is 2.18. The predicted octanol–water partition coefficient (Wildman–Crippen LogP) is 2.23. The van der Waals surface area contributed by atoms with Gasteiger partial charge in [-0.05, 0) is 26.8 Å². The summed E-state index contributed by atoms with van der Waals surface area (Å²) >= 11 is 0. The lowest BCUT2D eigenvalue weighted by molar-refractivity contribution is 0.103. The van der Waals surface area contributed by atoms with E-state index in [-0.39, 0.29) is 11.8 Å². The van der Waals surface area contributed by atoms with Crippen molar-refractivity contribution in [2.24, 2.45) is 0 Å². The van der Waals surface area contributed by atoms with Gasteiger partial charge in [0.2, 0.25) is 5.78 Å². The first-order valence-corrected chi connectivity index (χ1v) is 4.90. The summed E-state index contributed by atoms with van der Waals surface area (Å²) < 4.78 is 6.77. The van der Waals surface area contributed by atoms with Crippen molar-refractivity contribution in [2.45, 2.75) is 26.8 Å². The fraction of sp³-hybridized carbons (Fsp3) is 0.455. The van der Waals surface area contributed by atoms with E-state index in [0.717, 1.165) is 0 Å². The number of hydrogen-bond donors (Lipinski definition) is 0. The summed E-state index contributed by atoms with van der Waals surface area (Å²) in [5.74, 6) is 0.437. The van der Waals surface area contributed by atoms with Gasteiger partial charge in [0.15, 0.2) is 11.4 Å². The number of carbonyl (C=O) groups excluding carboxylic acids is 1. The van der Waals surface area contributed by atoms with Gasteiger partial charge in [-0.3, -0.25) is 9.48 Å². The molecule has 1 heterocycles. The summed E-state index contributed by atoms with van der Waals surface area (Å²) in [5, 5.41) is 4.13. The molecule has 0 atom stereocenters. The summed E-state index contributed by atoms with van der Waals surface area (Å²) in [7, 11) is 1.54. The fourth-order valence-electron chi connectivity index (χ4n) is 1.35. The molecule has 0 radical (unpaired) electrons. The largest absolute Gasteiger partial charge is 0.493 e. The zero-order valence-electron chi connectivity index (χ0n) is 9.52. The van der Waals surface area contributed by atoms with E-state index >= 15 is 0 Å². The number of nitrogens with zero attached hydrogens (tertiary/aromatic N) is 2. The highest BCUT2D eigenvalue weighted by atomic mass is 16.5. The number of allylic oxidation sites excluding steroid dienone is 2. The molecule has 1 aromatic rings. The molecule has 0 fully saturated rings. The van der Waals surface area contributed by atoms with Crippen LogP contribution in [-0.2, 0) is 0 Å². The van der Waals surface area contributed by atoms with Crippen molar-refractivity contribution in [1.82, 2.24) is 9.78 Å². The zero-order chi connectivity index (χ0) is 11.4. The third-order valence-electron chi connectivity index (χ3n) is 2.02. The molecule has 0 unspecified atom stereocenters. The lowest BCUT2D eigenvalue weighted by Crippen LogP contribution is -2.11. The van der Waals surface area contributed by atoms with Crippen molar-refractivity contribution >= 4 is 5.78 Å². The van der Waals surface area contributed by atoms with Crippen LogP contribution in [0.3, 0.4) is 0 Å². The second-order valence-electron chi connectivity index (χ2n) is 3.46. The van der Waals surface area contributed by atoms with Crippen molar-refractivity contribution in [3.05, 3.63) is 24.0 Å². The van der Waals surface area contributed by atoms with Crippen molar-refractivity contribution < 1.29 is 9.53 Å². The number of ether oxygens (including phenoxy) is 1. The SMILES string of the molecule is C/C=C/C(=O)c1c(OC)cnn1C(C)C. The molecule has 4 nitrogen and oxygen atoms in total. The van der Waals surface area contributed by atoms with Gasteiger partial charge in [0.1, 0.15) is 0 Å². The highest BCUT2D eigenvalue weighted by Crippen LogP contribution is 2.21. The van der Waals surface area contributed by atoms with Crippen LogP contribution in [0.25, 0.3) is 0 Å². The second-order valence-corrected chi connectivity index (χ2v) is 3.46.